The SMILES string of the molecule is CNCCCC(=O)Nc1cc(Br)cc(C(F)(F)F)c1. The van der Waals surface area contributed by atoms with Gasteiger partial charge in [0.2, 0.25) is 5.91 Å². The molecule has 1 aromatic carbocycles. The van der Waals surface area contributed by atoms with Crippen molar-refractivity contribution in [2.45, 2.75) is 19.0 Å². The first-order chi connectivity index (χ1) is 8.82. The van der Waals surface area contributed by atoms with Crippen LogP contribution >= 0.6 is 15.9 Å². The smallest absolute Gasteiger partial charge is 0.326 e. The van der Waals surface area contributed by atoms with Crippen LogP contribution in [0.1, 0.15) is 18.4 Å². The molecule has 2 N–H and O–H groups in total. The molecule has 1 rings (SSSR count). The van der Waals surface area contributed by atoms with E-state index in [0.29, 0.717) is 13.0 Å². The zero-order valence-corrected chi connectivity index (χ0v) is 11.9. The minimum absolute atomic E-state index is 0.135. The van der Waals surface area contributed by atoms with Crippen LogP contribution in [0.4, 0.5) is 18.9 Å². The number of nitrogens with one attached hydrogen (secondary N) is 2. The lowest BCUT2D eigenvalue weighted by Crippen LogP contribution is -2.15. The number of amides is 1. The van der Waals surface area contributed by atoms with Crippen LogP contribution in [-0.4, -0.2) is 19.5 Å². The van der Waals surface area contributed by atoms with Crippen molar-refractivity contribution in [3.05, 3.63) is 28.2 Å². The molecule has 0 aromatic heterocycles. The van der Waals surface area contributed by atoms with Gasteiger partial charge in [0, 0.05) is 16.6 Å². The Bertz CT molecular complexity index is 449. The Kier molecular flexibility index (Phi) is 5.81. The molecule has 0 aliphatic rings. The van der Waals surface area contributed by atoms with E-state index in [9.17, 15) is 18.0 Å². The van der Waals surface area contributed by atoms with Gasteiger partial charge in [0.15, 0.2) is 0 Å². The second kappa shape index (κ2) is 6.91. The molecule has 0 spiro atoms. The standard InChI is InChI=1S/C12H14BrF3N2O/c1-17-4-2-3-11(19)18-10-6-8(12(14,15)16)5-9(13)7-10/h5-7,17H,2-4H2,1H3,(H,18,19). The van der Waals surface area contributed by atoms with E-state index in [1.807, 2.05) is 0 Å². The molecule has 0 bridgehead atoms. The number of carbonyl (C=O) groups excluding carboxylic acids is 1. The van der Waals surface area contributed by atoms with E-state index in [0.717, 1.165) is 12.1 Å². The highest BCUT2D eigenvalue weighted by atomic mass is 79.9. The van der Waals surface area contributed by atoms with E-state index in [2.05, 4.69) is 26.6 Å². The first kappa shape index (κ1) is 16.0. The third kappa shape index (κ3) is 5.61. The van der Waals surface area contributed by atoms with Crippen molar-refractivity contribution < 1.29 is 18.0 Å². The van der Waals surface area contributed by atoms with Crippen molar-refractivity contribution in [1.82, 2.24) is 5.32 Å². The minimum Gasteiger partial charge on any atom is -0.326 e. The summed E-state index contributed by atoms with van der Waals surface area (Å²) in [4.78, 5) is 11.5. The van der Waals surface area contributed by atoms with Gasteiger partial charge in [-0.1, -0.05) is 15.9 Å². The van der Waals surface area contributed by atoms with Gasteiger partial charge in [-0.3, -0.25) is 4.79 Å². The fraction of sp³-hybridized carbons (Fsp3) is 0.417. The van der Waals surface area contributed by atoms with Crippen molar-refractivity contribution in [3.63, 3.8) is 0 Å². The number of benzene rings is 1. The lowest BCUT2D eigenvalue weighted by atomic mass is 10.2. The topological polar surface area (TPSA) is 41.1 Å². The normalized spacial score (nSPS) is 11.4. The Labute approximate surface area is 117 Å². The molecule has 0 saturated heterocycles. The van der Waals surface area contributed by atoms with E-state index in [1.54, 1.807) is 7.05 Å². The highest BCUT2D eigenvalue weighted by molar-refractivity contribution is 9.10. The number of anilines is 1. The quantitative estimate of drug-likeness (QED) is 0.808. The Morgan fingerprint density at radius 1 is 1.32 bits per heavy atom. The second-order valence-corrected chi connectivity index (χ2v) is 4.90. The van der Waals surface area contributed by atoms with E-state index in [-0.39, 0.29) is 22.5 Å². The maximum absolute atomic E-state index is 12.6. The zero-order chi connectivity index (χ0) is 14.5. The van der Waals surface area contributed by atoms with Gasteiger partial charge < -0.3 is 10.6 Å². The highest BCUT2D eigenvalue weighted by Gasteiger charge is 2.31. The van der Waals surface area contributed by atoms with Crippen molar-refractivity contribution in [3.8, 4) is 0 Å². The molecule has 0 atom stereocenters. The molecule has 19 heavy (non-hydrogen) atoms. The molecule has 0 heterocycles. The summed E-state index contributed by atoms with van der Waals surface area (Å²) in [5, 5.41) is 5.35. The lowest BCUT2D eigenvalue weighted by molar-refractivity contribution is -0.137. The van der Waals surface area contributed by atoms with E-state index >= 15 is 0 Å². The van der Waals surface area contributed by atoms with Gasteiger partial charge in [0.1, 0.15) is 0 Å². The molecule has 106 valence electrons. The molecule has 0 unspecified atom stereocenters. The van der Waals surface area contributed by atoms with Crippen molar-refractivity contribution in [1.29, 1.82) is 0 Å². The van der Waals surface area contributed by atoms with Crippen LogP contribution in [0.15, 0.2) is 22.7 Å². The zero-order valence-electron chi connectivity index (χ0n) is 10.3. The molecule has 1 amide bonds. The predicted octanol–water partition coefficient (Wildman–Crippen LogP) is 3.41. The molecular weight excluding hydrogens is 325 g/mol. The van der Waals surface area contributed by atoms with Gasteiger partial charge >= 0.3 is 6.18 Å². The molecule has 3 nitrogen and oxygen atoms in total. The van der Waals surface area contributed by atoms with Gasteiger partial charge in [-0.05, 0) is 38.2 Å². The Morgan fingerprint density at radius 3 is 2.58 bits per heavy atom. The molecule has 0 radical (unpaired) electrons. The summed E-state index contributed by atoms with van der Waals surface area (Å²) in [6.45, 7) is 0.680. The van der Waals surface area contributed by atoms with E-state index in [4.69, 9.17) is 0 Å². The van der Waals surface area contributed by atoms with Crippen LogP contribution in [-0.2, 0) is 11.0 Å². The Morgan fingerprint density at radius 2 is 2.00 bits per heavy atom. The molecule has 1 aromatic rings. The summed E-state index contributed by atoms with van der Waals surface area (Å²) < 4.78 is 38.0. The third-order valence-corrected chi connectivity index (χ3v) is 2.80. The van der Waals surface area contributed by atoms with Crippen LogP contribution < -0.4 is 10.6 Å². The van der Waals surface area contributed by atoms with Crippen molar-refractivity contribution in [2.24, 2.45) is 0 Å². The second-order valence-electron chi connectivity index (χ2n) is 3.98. The third-order valence-electron chi connectivity index (χ3n) is 2.34. The maximum Gasteiger partial charge on any atom is 0.416 e. The van der Waals surface area contributed by atoms with E-state index < -0.39 is 11.7 Å². The summed E-state index contributed by atoms with van der Waals surface area (Å²) in [5.74, 6) is -0.304. The molecule has 7 heteroatoms. The summed E-state index contributed by atoms with van der Waals surface area (Å²) in [7, 11) is 1.77. The first-order valence-electron chi connectivity index (χ1n) is 5.65. The molecule has 0 fully saturated rings. The predicted molar refractivity (Wildman–Crippen MR) is 70.9 cm³/mol. The van der Waals surface area contributed by atoms with E-state index in [1.165, 1.54) is 6.07 Å². The summed E-state index contributed by atoms with van der Waals surface area (Å²) in [5.41, 5.74) is -0.663. The number of hydrogen-bond donors (Lipinski definition) is 2. The summed E-state index contributed by atoms with van der Waals surface area (Å²) >= 11 is 3.00. The average Bonchev–Trinajstić information content (AvgIpc) is 2.27. The van der Waals surface area contributed by atoms with Gasteiger partial charge in [0.25, 0.3) is 0 Å². The van der Waals surface area contributed by atoms with Crippen LogP contribution in [0.25, 0.3) is 0 Å². The molecule has 0 aliphatic heterocycles. The van der Waals surface area contributed by atoms with Crippen LogP contribution in [0.3, 0.4) is 0 Å². The Balaban J connectivity index is 2.73. The number of halogens is 4. The largest absolute Gasteiger partial charge is 0.416 e. The minimum atomic E-state index is -4.44. The van der Waals surface area contributed by atoms with Crippen LogP contribution in [0.5, 0.6) is 0 Å². The fourth-order valence-corrected chi connectivity index (χ4v) is 1.97. The highest BCUT2D eigenvalue weighted by Crippen LogP contribution is 2.33. The number of rotatable bonds is 5. The number of alkyl halides is 3. The summed E-state index contributed by atoms with van der Waals surface area (Å²) in [6, 6.07) is 3.32. The monoisotopic (exact) mass is 338 g/mol. The summed E-state index contributed by atoms with van der Waals surface area (Å²) in [6.07, 6.45) is -3.55. The number of hydrogen-bond acceptors (Lipinski definition) is 2. The average molecular weight is 339 g/mol. The molecule has 0 saturated carbocycles. The van der Waals surface area contributed by atoms with Crippen LogP contribution in [0, 0.1) is 0 Å². The van der Waals surface area contributed by atoms with Gasteiger partial charge in [-0.25, -0.2) is 0 Å². The lowest BCUT2D eigenvalue weighted by Gasteiger charge is -2.11. The molecule has 0 aliphatic carbocycles. The Hall–Kier alpha value is -1.08. The molecular formula is C12H14BrF3N2O. The van der Waals surface area contributed by atoms with Gasteiger partial charge in [-0.2, -0.15) is 13.2 Å². The van der Waals surface area contributed by atoms with Crippen molar-refractivity contribution in [2.75, 3.05) is 18.9 Å². The van der Waals surface area contributed by atoms with Crippen molar-refractivity contribution >= 4 is 27.5 Å². The first-order valence-corrected chi connectivity index (χ1v) is 6.44. The number of carbonyl (C=O) groups is 1. The maximum atomic E-state index is 12.6. The fourth-order valence-electron chi connectivity index (χ4n) is 1.47. The van der Waals surface area contributed by atoms with Gasteiger partial charge in [0.05, 0.1) is 5.56 Å². The van der Waals surface area contributed by atoms with Crippen LogP contribution in [0.2, 0.25) is 0 Å². The van der Waals surface area contributed by atoms with Gasteiger partial charge in [-0.15, -0.1) is 0 Å².